The van der Waals surface area contributed by atoms with E-state index in [0.717, 1.165) is 11.4 Å². The Morgan fingerprint density at radius 3 is 1.53 bits per heavy atom. The maximum Gasteiger partial charge on any atom is 0.347 e. The SMILES string of the molecule is CC(C)c1cccc(C(C)C)c1-n1cc[n+](-c2c(C(C)C)cccc2C(C)C)c1C(=O)S. The predicted molar refractivity (Wildman–Crippen MR) is 137 cm³/mol. The molecule has 0 aliphatic rings. The van der Waals surface area contributed by atoms with Crippen molar-refractivity contribution in [2.75, 3.05) is 0 Å². The average Bonchev–Trinajstić information content (AvgIpc) is 3.17. The zero-order valence-corrected chi connectivity index (χ0v) is 21.6. The number of rotatable bonds is 7. The number of hydrogen-bond acceptors (Lipinski definition) is 1. The van der Waals surface area contributed by atoms with Crippen LogP contribution in [0, 0.1) is 0 Å². The van der Waals surface area contributed by atoms with E-state index in [-0.39, 0.29) is 5.12 Å². The Balaban J connectivity index is 2.43. The van der Waals surface area contributed by atoms with Crippen LogP contribution in [-0.2, 0) is 0 Å². The summed E-state index contributed by atoms with van der Waals surface area (Å²) in [5, 5.41) is -0.239. The normalized spacial score (nSPS) is 11.9. The van der Waals surface area contributed by atoms with Gasteiger partial charge in [-0.1, -0.05) is 104 Å². The number of carbonyl (C=O) groups is 1. The summed E-state index contributed by atoms with van der Waals surface area (Å²) in [6, 6.07) is 12.9. The van der Waals surface area contributed by atoms with Gasteiger partial charge in [-0.2, -0.15) is 9.13 Å². The number of para-hydroxylation sites is 2. The smallest absolute Gasteiger partial charge is 0.273 e. The lowest BCUT2D eigenvalue weighted by molar-refractivity contribution is -0.597. The summed E-state index contributed by atoms with van der Waals surface area (Å²) >= 11 is 4.36. The third kappa shape index (κ3) is 4.43. The first-order valence-corrected chi connectivity index (χ1v) is 12.1. The molecule has 0 unspecified atom stereocenters. The van der Waals surface area contributed by atoms with Crippen LogP contribution in [0.5, 0.6) is 0 Å². The minimum atomic E-state index is -0.239. The molecule has 1 heterocycles. The van der Waals surface area contributed by atoms with Crippen molar-refractivity contribution >= 4 is 17.7 Å². The van der Waals surface area contributed by atoms with Gasteiger partial charge >= 0.3 is 5.82 Å². The summed E-state index contributed by atoms with van der Waals surface area (Å²) in [5.41, 5.74) is 7.13. The number of benzene rings is 2. The Morgan fingerprint density at radius 2 is 1.16 bits per heavy atom. The molecule has 0 N–H and O–H groups in total. The van der Waals surface area contributed by atoms with E-state index in [1.165, 1.54) is 22.3 Å². The molecule has 0 saturated carbocycles. The van der Waals surface area contributed by atoms with Gasteiger partial charge in [0, 0.05) is 22.3 Å². The van der Waals surface area contributed by atoms with Gasteiger partial charge in [-0.15, -0.1) is 0 Å². The maximum atomic E-state index is 13.0. The van der Waals surface area contributed by atoms with Gasteiger partial charge in [0.15, 0.2) is 0 Å². The molecule has 3 aromatic rings. The van der Waals surface area contributed by atoms with Gasteiger partial charge in [-0.05, 0) is 23.7 Å². The molecule has 170 valence electrons. The fourth-order valence-corrected chi connectivity index (χ4v) is 4.75. The highest BCUT2D eigenvalue weighted by molar-refractivity contribution is 7.97. The molecule has 0 amide bonds. The van der Waals surface area contributed by atoms with Gasteiger partial charge in [-0.25, -0.2) is 0 Å². The molecule has 0 saturated heterocycles. The van der Waals surface area contributed by atoms with Crippen LogP contribution in [0.15, 0.2) is 48.8 Å². The zero-order chi connectivity index (χ0) is 23.7. The van der Waals surface area contributed by atoms with Gasteiger partial charge in [-0.3, -0.25) is 4.79 Å². The minimum Gasteiger partial charge on any atom is -0.273 e. The second-order valence-corrected chi connectivity index (χ2v) is 10.3. The largest absolute Gasteiger partial charge is 0.347 e. The second kappa shape index (κ2) is 9.66. The fourth-order valence-electron chi connectivity index (χ4n) is 4.54. The number of hydrogen-bond donors (Lipinski definition) is 1. The van der Waals surface area contributed by atoms with Crippen LogP contribution in [0.3, 0.4) is 0 Å². The van der Waals surface area contributed by atoms with Crippen LogP contribution < -0.4 is 4.57 Å². The van der Waals surface area contributed by atoms with E-state index in [4.69, 9.17) is 0 Å². The highest BCUT2D eigenvalue weighted by atomic mass is 32.1. The Labute approximate surface area is 198 Å². The highest BCUT2D eigenvalue weighted by Gasteiger charge is 2.32. The van der Waals surface area contributed by atoms with Gasteiger partial charge < -0.3 is 0 Å². The molecule has 0 atom stereocenters. The molecule has 4 heteroatoms. The first-order chi connectivity index (χ1) is 15.1. The van der Waals surface area contributed by atoms with Gasteiger partial charge in [0.2, 0.25) is 0 Å². The van der Waals surface area contributed by atoms with Crippen molar-refractivity contribution in [1.82, 2.24) is 4.57 Å². The number of thiol groups is 1. The minimum absolute atomic E-state index is 0.239. The first kappa shape index (κ1) is 24.3. The first-order valence-electron chi connectivity index (χ1n) is 11.7. The summed E-state index contributed by atoms with van der Waals surface area (Å²) in [6.45, 7) is 17.6. The molecule has 32 heavy (non-hydrogen) atoms. The molecule has 2 aromatic carbocycles. The molecule has 0 aliphatic carbocycles. The molecular weight excluding hydrogens is 412 g/mol. The molecule has 0 aliphatic heterocycles. The second-order valence-electron chi connectivity index (χ2n) is 9.86. The van der Waals surface area contributed by atoms with E-state index >= 15 is 0 Å². The van der Waals surface area contributed by atoms with Crippen molar-refractivity contribution in [1.29, 1.82) is 0 Å². The van der Waals surface area contributed by atoms with Crippen LogP contribution in [0.2, 0.25) is 0 Å². The Hall–Kier alpha value is -2.33. The number of imidazole rings is 1. The standard InChI is InChI=1S/C28H36N2OS/c1-17(2)21-11-9-12-22(18(3)4)25(21)29-15-16-30(27(29)28(31)32)26-23(19(5)6)13-10-14-24(26)20(7)8/h9-20H,1-8H3/p+1. The Morgan fingerprint density at radius 1 is 0.750 bits per heavy atom. The Bertz CT molecular complexity index is 989. The summed E-state index contributed by atoms with van der Waals surface area (Å²) in [7, 11) is 0. The van der Waals surface area contributed by atoms with Crippen LogP contribution >= 0.6 is 12.6 Å². The summed E-state index contributed by atoms with van der Waals surface area (Å²) < 4.78 is 4.11. The van der Waals surface area contributed by atoms with Gasteiger partial charge in [0.25, 0.3) is 5.12 Å². The topological polar surface area (TPSA) is 25.9 Å². The molecule has 0 spiro atoms. The lowest BCUT2D eigenvalue weighted by Crippen LogP contribution is -2.39. The van der Waals surface area contributed by atoms with Gasteiger partial charge in [0.1, 0.15) is 23.8 Å². The van der Waals surface area contributed by atoms with E-state index in [9.17, 15) is 4.79 Å². The van der Waals surface area contributed by atoms with E-state index in [1.807, 2.05) is 12.4 Å². The van der Waals surface area contributed by atoms with Crippen molar-refractivity contribution in [3.05, 3.63) is 76.9 Å². The predicted octanol–water partition coefficient (Wildman–Crippen LogP) is 7.32. The number of carbonyl (C=O) groups excluding carboxylic acids is 1. The quantitative estimate of drug-likeness (QED) is 0.297. The van der Waals surface area contributed by atoms with Crippen LogP contribution in [0.4, 0.5) is 0 Å². The summed E-state index contributed by atoms with van der Waals surface area (Å²) in [5.74, 6) is 1.89. The third-order valence-electron chi connectivity index (χ3n) is 6.18. The maximum absolute atomic E-state index is 13.0. The van der Waals surface area contributed by atoms with Crippen molar-refractivity contribution in [2.45, 2.75) is 79.1 Å². The molecular formula is C28H37N2OS+. The molecule has 1 aromatic heterocycles. The van der Waals surface area contributed by atoms with Crippen LogP contribution in [-0.4, -0.2) is 9.68 Å². The van der Waals surface area contributed by atoms with Gasteiger partial charge in [0.05, 0.1) is 0 Å². The molecule has 0 bridgehead atoms. The molecule has 3 nitrogen and oxygen atoms in total. The van der Waals surface area contributed by atoms with Crippen molar-refractivity contribution in [2.24, 2.45) is 0 Å². The van der Waals surface area contributed by atoms with E-state index in [0.29, 0.717) is 29.5 Å². The molecule has 3 rings (SSSR count). The summed E-state index contributed by atoms with van der Waals surface area (Å²) in [4.78, 5) is 13.0. The van der Waals surface area contributed by atoms with Crippen molar-refractivity contribution in [3.63, 3.8) is 0 Å². The van der Waals surface area contributed by atoms with Crippen molar-refractivity contribution in [3.8, 4) is 11.4 Å². The monoisotopic (exact) mass is 449 g/mol. The lowest BCUT2D eigenvalue weighted by atomic mass is 9.92. The zero-order valence-electron chi connectivity index (χ0n) is 20.7. The number of nitrogens with zero attached hydrogens (tertiary/aromatic N) is 2. The fraction of sp³-hybridized carbons (Fsp3) is 0.429. The highest BCUT2D eigenvalue weighted by Crippen LogP contribution is 2.33. The van der Waals surface area contributed by atoms with E-state index in [2.05, 4.69) is 114 Å². The number of aromatic nitrogens is 2. The third-order valence-corrected chi connectivity index (χ3v) is 6.38. The Kier molecular flexibility index (Phi) is 7.34. The average molecular weight is 450 g/mol. The lowest BCUT2D eigenvalue weighted by Gasteiger charge is -2.19. The van der Waals surface area contributed by atoms with Crippen LogP contribution in [0.1, 0.15) is 112 Å². The summed E-state index contributed by atoms with van der Waals surface area (Å²) in [6.07, 6.45) is 4.05. The van der Waals surface area contributed by atoms with E-state index < -0.39 is 0 Å². The van der Waals surface area contributed by atoms with Crippen LogP contribution in [0.25, 0.3) is 11.4 Å². The van der Waals surface area contributed by atoms with E-state index in [1.54, 1.807) is 0 Å². The molecule has 0 fully saturated rings. The van der Waals surface area contributed by atoms with Crippen molar-refractivity contribution < 1.29 is 9.36 Å². The molecule has 0 radical (unpaired) electrons.